The lowest BCUT2D eigenvalue weighted by molar-refractivity contribution is 0.422. The molecule has 1 aromatic rings. The average Bonchev–Trinajstić information content (AvgIpc) is 3.11. The van der Waals surface area contributed by atoms with Crippen LogP contribution < -0.4 is 20.4 Å². The van der Waals surface area contributed by atoms with Gasteiger partial charge in [-0.05, 0) is 18.9 Å². The van der Waals surface area contributed by atoms with Gasteiger partial charge in [-0.1, -0.05) is 0 Å². The smallest absolute Gasteiger partial charge is 0.227 e. The summed E-state index contributed by atoms with van der Waals surface area (Å²) in [5, 5.41) is 6.98. The topological polar surface area (TPSA) is 90.5 Å². The maximum atomic E-state index is 12.1. The minimum atomic E-state index is -2.97. The second kappa shape index (κ2) is 5.78. The van der Waals surface area contributed by atoms with Gasteiger partial charge < -0.3 is 20.4 Å². The quantitative estimate of drug-likeness (QED) is 0.690. The molecule has 4 aliphatic heterocycles. The first-order valence-electron chi connectivity index (χ1n) is 9.12. The van der Waals surface area contributed by atoms with Crippen molar-refractivity contribution in [1.29, 1.82) is 0 Å². The molecule has 9 heteroatoms. The van der Waals surface area contributed by atoms with Crippen molar-refractivity contribution in [1.82, 2.24) is 20.6 Å². The van der Waals surface area contributed by atoms with E-state index in [9.17, 15) is 8.42 Å². The van der Waals surface area contributed by atoms with Crippen molar-refractivity contribution < 1.29 is 8.42 Å². The Balaban J connectivity index is 1.41. The molecule has 136 valence electrons. The SMILES string of the molecule is O=S1(=O)CC2NCCN(c3ccnc(N4CC5CCC(C4)N5)n3)C2C1. The van der Waals surface area contributed by atoms with Crippen LogP contribution in [-0.2, 0) is 9.84 Å². The number of sulfone groups is 1. The van der Waals surface area contributed by atoms with Gasteiger partial charge in [-0.3, -0.25) is 0 Å². The largest absolute Gasteiger partial charge is 0.350 e. The lowest BCUT2D eigenvalue weighted by Gasteiger charge is -2.39. The van der Waals surface area contributed by atoms with Gasteiger partial charge in [0.1, 0.15) is 5.82 Å². The van der Waals surface area contributed by atoms with Gasteiger partial charge in [0.25, 0.3) is 0 Å². The van der Waals surface area contributed by atoms with Crippen molar-refractivity contribution in [2.24, 2.45) is 0 Å². The predicted molar refractivity (Wildman–Crippen MR) is 95.8 cm³/mol. The summed E-state index contributed by atoms with van der Waals surface area (Å²) in [6.07, 6.45) is 4.25. The molecule has 4 saturated heterocycles. The lowest BCUT2D eigenvalue weighted by atomic mass is 10.1. The zero-order valence-corrected chi connectivity index (χ0v) is 15.0. The summed E-state index contributed by atoms with van der Waals surface area (Å²) in [5.41, 5.74) is 0. The number of nitrogens with one attached hydrogen (secondary N) is 2. The molecule has 2 N–H and O–H groups in total. The number of aromatic nitrogens is 2. The lowest BCUT2D eigenvalue weighted by Crippen LogP contribution is -2.58. The standard InChI is InChI=1S/C16H24N6O2S/c23-25(24)9-13-14(10-25)22(6-5-17-13)15-3-4-18-16(20-15)21-7-11-1-2-12(8-21)19-11/h3-4,11-14,17,19H,1-2,5-10H2. The van der Waals surface area contributed by atoms with Gasteiger partial charge in [-0.25, -0.2) is 13.4 Å². The van der Waals surface area contributed by atoms with Crippen LogP contribution in [0.5, 0.6) is 0 Å². The van der Waals surface area contributed by atoms with Gasteiger partial charge in [0, 0.05) is 50.5 Å². The number of fused-ring (bicyclic) bond motifs is 3. The first kappa shape index (κ1) is 15.8. The van der Waals surface area contributed by atoms with Crippen LogP contribution in [0.15, 0.2) is 12.3 Å². The van der Waals surface area contributed by atoms with E-state index in [0.717, 1.165) is 37.9 Å². The van der Waals surface area contributed by atoms with Crippen LogP contribution in [0.3, 0.4) is 0 Å². The van der Waals surface area contributed by atoms with Crippen LogP contribution in [0.2, 0.25) is 0 Å². The highest BCUT2D eigenvalue weighted by molar-refractivity contribution is 7.91. The maximum Gasteiger partial charge on any atom is 0.227 e. The molecule has 0 saturated carbocycles. The molecule has 4 aliphatic rings. The minimum Gasteiger partial charge on any atom is -0.350 e. The van der Waals surface area contributed by atoms with Crippen molar-refractivity contribution in [3.63, 3.8) is 0 Å². The van der Waals surface area contributed by atoms with Crippen LogP contribution in [0.1, 0.15) is 12.8 Å². The van der Waals surface area contributed by atoms with Crippen LogP contribution in [0, 0.1) is 0 Å². The van der Waals surface area contributed by atoms with E-state index >= 15 is 0 Å². The monoisotopic (exact) mass is 364 g/mol. The predicted octanol–water partition coefficient (Wildman–Crippen LogP) is -1.01. The highest BCUT2D eigenvalue weighted by Crippen LogP contribution is 2.28. The van der Waals surface area contributed by atoms with Crippen LogP contribution >= 0.6 is 0 Å². The Morgan fingerprint density at radius 1 is 1.16 bits per heavy atom. The normalized spacial score (nSPS) is 36.5. The molecule has 5 rings (SSSR count). The van der Waals surface area contributed by atoms with Gasteiger partial charge in [0.2, 0.25) is 5.95 Å². The average molecular weight is 364 g/mol. The molecule has 4 unspecified atom stereocenters. The second-order valence-electron chi connectivity index (χ2n) is 7.66. The molecular formula is C16H24N6O2S. The fraction of sp³-hybridized carbons (Fsp3) is 0.750. The number of hydrogen-bond acceptors (Lipinski definition) is 8. The summed E-state index contributed by atoms with van der Waals surface area (Å²) in [6.45, 7) is 3.46. The fourth-order valence-electron chi connectivity index (χ4n) is 4.76. The Bertz CT molecular complexity index is 760. The third kappa shape index (κ3) is 2.88. The number of anilines is 2. The molecule has 1 aromatic heterocycles. The summed E-state index contributed by atoms with van der Waals surface area (Å²) < 4.78 is 24.1. The molecule has 0 aromatic carbocycles. The molecule has 8 nitrogen and oxygen atoms in total. The number of hydrogen-bond donors (Lipinski definition) is 2. The molecule has 25 heavy (non-hydrogen) atoms. The van der Waals surface area contributed by atoms with E-state index in [0.29, 0.717) is 12.1 Å². The van der Waals surface area contributed by atoms with Crippen LogP contribution in [0.25, 0.3) is 0 Å². The van der Waals surface area contributed by atoms with Crippen molar-refractivity contribution in [3.05, 3.63) is 12.3 Å². The molecule has 2 bridgehead atoms. The van der Waals surface area contributed by atoms with Crippen molar-refractivity contribution in [3.8, 4) is 0 Å². The van der Waals surface area contributed by atoms with E-state index in [4.69, 9.17) is 4.98 Å². The summed E-state index contributed by atoms with van der Waals surface area (Å²) in [4.78, 5) is 13.7. The third-order valence-corrected chi connectivity index (χ3v) is 7.62. The molecule has 0 radical (unpaired) electrons. The van der Waals surface area contributed by atoms with E-state index in [-0.39, 0.29) is 23.6 Å². The first-order valence-corrected chi connectivity index (χ1v) is 10.9. The maximum absolute atomic E-state index is 12.1. The molecular weight excluding hydrogens is 340 g/mol. The highest BCUT2D eigenvalue weighted by atomic mass is 32.2. The Labute approximate surface area is 147 Å². The molecule has 5 heterocycles. The number of piperazine rings is 2. The number of nitrogens with zero attached hydrogens (tertiary/aromatic N) is 4. The zero-order valence-electron chi connectivity index (χ0n) is 14.1. The summed E-state index contributed by atoms with van der Waals surface area (Å²) >= 11 is 0. The zero-order chi connectivity index (χ0) is 17.0. The van der Waals surface area contributed by atoms with Crippen LogP contribution in [-0.4, -0.2) is 80.2 Å². The number of rotatable bonds is 2. The molecule has 4 fully saturated rings. The van der Waals surface area contributed by atoms with Crippen molar-refractivity contribution in [2.45, 2.75) is 37.0 Å². The minimum absolute atomic E-state index is 0.00666. The van der Waals surface area contributed by atoms with E-state index < -0.39 is 9.84 Å². The van der Waals surface area contributed by atoms with Crippen molar-refractivity contribution >= 4 is 21.6 Å². The van der Waals surface area contributed by atoms with E-state index in [1.165, 1.54) is 12.8 Å². The molecule has 0 aliphatic carbocycles. The summed E-state index contributed by atoms with van der Waals surface area (Å²) in [7, 11) is -2.97. The molecule has 0 spiro atoms. The van der Waals surface area contributed by atoms with Gasteiger partial charge >= 0.3 is 0 Å². The van der Waals surface area contributed by atoms with E-state index in [2.05, 4.69) is 25.4 Å². The van der Waals surface area contributed by atoms with Gasteiger partial charge in [-0.15, -0.1) is 0 Å². The summed E-state index contributed by atoms with van der Waals surface area (Å²) in [6, 6.07) is 2.96. The van der Waals surface area contributed by atoms with Gasteiger partial charge in [0.15, 0.2) is 9.84 Å². The van der Waals surface area contributed by atoms with E-state index in [1.54, 1.807) is 0 Å². The van der Waals surface area contributed by atoms with Gasteiger partial charge in [0.05, 0.1) is 17.5 Å². The van der Waals surface area contributed by atoms with Crippen LogP contribution in [0.4, 0.5) is 11.8 Å². The first-order chi connectivity index (χ1) is 12.1. The Morgan fingerprint density at radius 3 is 2.76 bits per heavy atom. The summed E-state index contributed by atoms with van der Waals surface area (Å²) in [5.74, 6) is 2.06. The molecule has 0 amide bonds. The molecule has 4 atom stereocenters. The Morgan fingerprint density at radius 2 is 1.96 bits per heavy atom. The highest BCUT2D eigenvalue weighted by Gasteiger charge is 2.43. The Hall–Kier alpha value is -1.45. The fourth-order valence-corrected chi connectivity index (χ4v) is 6.72. The second-order valence-corrected chi connectivity index (χ2v) is 9.81. The van der Waals surface area contributed by atoms with Crippen molar-refractivity contribution in [2.75, 3.05) is 47.5 Å². The van der Waals surface area contributed by atoms with E-state index in [1.807, 2.05) is 12.3 Å². The van der Waals surface area contributed by atoms with Gasteiger partial charge in [-0.2, -0.15) is 4.98 Å². The third-order valence-electron chi connectivity index (χ3n) is 5.90. The Kier molecular flexibility index (Phi) is 3.65.